The van der Waals surface area contributed by atoms with Crippen molar-refractivity contribution in [2.45, 2.75) is 63.3 Å². The van der Waals surface area contributed by atoms with Gasteiger partial charge in [-0.15, -0.1) is 0 Å². The van der Waals surface area contributed by atoms with E-state index in [9.17, 15) is 15.3 Å². The molecule has 4 heterocycles. The number of methoxy groups -OCH3 is 1. The highest BCUT2D eigenvalue weighted by molar-refractivity contribution is 6.35. The number of aromatic nitrogens is 3. The van der Waals surface area contributed by atoms with E-state index < -0.39 is 5.82 Å². The summed E-state index contributed by atoms with van der Waals surface area (Å²) in [6, 6.07) is 16.7. The monoisotopic (exact) mass is 719 g/mol. The molecule has 0 aliphatic carbocycles. The number of carbonyl (C=O) groups excluding carboxylic acids is 1. The summed E-state index contributed by atoms with van der Waals surface area (Å²) in [6.45, 7) is 3.70. The Morgan fingerprint density at radius 2 is 1.98 bits per heavy atom. The molecular weight excluding hydrogens is 681 g/mol. The van der Waals surface area contributed by atoms with Crippen LogP contribution in [-0.4, -0.2) is 82.5 Å². The van der Waals surface area contributed by atoms with Crippen molar-refractivity contribution in [1.29, 1.82) is 10.5 Å². The van der Waals surface area contributed by atoms with Gasteiger partial charge in [0.2, 0.25) is 11.8 Å². The van der Waals surface area contributed by atoms with Crippen LogP contribution in [0.3, 0.4) is 0 Å². The average Bonchev–Trinajstić information content (AvgIpc) is 3.79. The van der Waals surface area contributed by atoms with E-state index in [-0.39, 0.29) is 58.5 Å². The van der Waals surface area contributed by atoms with Gasteiger partial charge in [-0.25, -0.2) is 9.37 Å². The van der Waals surface area contributed by atoms with Gasteiger partial charge in [-0.2, -0.15) is 15.6 Å². The summed E-state index contributed by atoms with van der Waals surface area (Å²) >= 11 is 7.03. The largest absolute Gasteiger partial charge is 0.472 e. The Balaban J connectivity index is 1.39. The third-order valence-corrected chi connectivity index (χ3v) is 10.9. The molecule has 2 saturated heterocycles. The lowest BCUT2D eigenvalue weighted by Gasteiger charge is -2.38. The van der Waals surface area contributed by atoms with Gasteiger partial charge in [0, 0.05) is 48.2 Å². The first-order valence-electron chi connectivity index (χ1n) is 17.6. The third-order valence-electron chi connectivity index (χ3n) is 10.6. The summed E-state index contributed by atoms with van der Waals surface area (Å²) in [5.74, 6) is -0.529. The SMILES string of the molecule is COC/C=C/C(=O)N1CC[C@H](n2ncc3c(OC(C)[C@@H]4CCCN4C)nc4c(F)c(-c5cccc6cccc(C#N)c56)c(Cl)cc4c32)C[C@H]1CC#N. The first-order chi connectivity index (χ1) is 25.2. The van der Waals surface area contributed by atoms with Crippen molar-refractivity contribution in [1.82, 2.24) is 24.6 Å². The zero-order valence-electron chi connectivity index (χ0n) is 29.4. The summed E-state index contributed by atoms with van der Waals surface area (Å²) in [4.78, 5) is 22.0. The predicted molar refractivity (Wildman–Crippen MR) is 198 cm³/mol. The van der Waals surface area contributed by atoms with E-state index in [0.717, 1.165) is 24.8 Å². The van der Waals surface area contributed by atoms with Crippen LogP contribution in [0, 0.1) is 28.5 Å². The van der Waals surface area contributed by atoms with Gasteiger partial charge < -0.3 is 14.4 Å². The molecular formula is C40H39ClFN7O3. The van der Waals surface area contributed by atoms with Crippen LogP contribution in [-0.2, 0) is 9.53 Å². The molecule has 5 aromatic rings. The second-order valence-electron chi connectivity index (χ2n) is 13.6. The number of halogens is 2. The Labute approximate surface area is 306 Å². The van der Waals surface area contributed by atoms with E-state index >= 15 is 4.39 Å². The van der Waals surface area contributed by atoms with E-state index in [0.29, 0.717) is 58.8 Å². The average molecular weight is 720 g/mol. The Bertz CT molecular complexity index is 2290. The Kier molecular flexibility index (Phi) is 10.1. The van der Waals surface area contributed by atoms with Crippen LogP contribution >= 0.6 is 11.6 Å². The van der Waals surface area contributed by atoms with Crippen molar-refractivity contribution in [2.24, 2.45) is 0 Å². The molecule has 1 unspecified atom stereocenters. The number of fused-ring (bicyclic) bond motifs is 4. The van der Waals surface area contributed by atoms with Crippen LogP contribution in [0.1, 0.15) is 50.6 Å². The van der Waals surface area contributed by atoms with Crippen molar-refractivity contribution >= 4 is 50.1 Å². The molecule has 2 aliphatic heterocycles. The molecule has 266 valence electrons. The van der Waals surface area contributed by atoms with Gasteiger partial charge in [-0.05, 0) is 69.3 Å². The molecule has 0 radical (unpaired) electrons. The van der Waals surface area contributed by atoms with Crippen molar-refractivity contribution < 1.29 is 18.7 Å². The first-order valence-corrected chi connectivity index (χ1v) is 17.9. The molecule has 12 heteroatoms. The third kappa shape index (κ3) is 6.34. The molecule has 2 fully saturated rings. The maximum absolute atomic E-state index is 17.3. The maximum Gasteiger partial charge on any atom is 0.246 e. The molecule has 0 spiro atoms. The molecule has 0 bridgehead atoms. The summed E-state index contributed by atoms with van der Waals surface area (Å²) in [5.41, 5.74) is 1.75. The highest BCUT2D eigenvalue weighted by atomic mass is 35.5. The molecule has 4 atom stereocenters. The smallest absolute Gasteiger partial charge is 0.246 e. The Hall–Kier alpha value is -5.07. The second-order valence-corrected chi connectivity index (χ2v) is 14.0. The summed E-state index contributed by atoms with van der Waals surface area (Å²) in [7, 11) is 3.64. The molecule has 0 saturated carbocycles. The van der Waals surface area contributed by atoms with E-state index in [1.807, 2.05) is 29.8 Å². The van der Waals surface area contributed by atoms with Gasteiger partial charge in [0.25, 0.3) is 0 Å². The lowest BCUT2D eigenvalue weighted by atomic mass is 9.93. The van der Waals surface area contributed by atoms with Crippen LogP contribution in [0.2, 0.25) is 5.02 Å². The number of likely N-dealkylation sites (tertiary alicyclic amines) is 2. The van der Waals surface area contributed by atoms with Crippen LogP contribution in [0.4, 0.5) is 4.39 Å². The summed E-state index contributed by atoms with van der Waals surface area (Å²) < 4.78 is 30.8. The second kappa shape index (κ2) is 14.9. The number of likely N-dealkylation sites (N-methyl/N-ethyl adjacent to an activating group) is 1. The molecule has 1 amide bonds. The van der Waals surface area contributed by atoms with E-state index in [1.54, 1.807) is 48.5 Å². The van der Waals surface area contributed by atoms with E-state index in [2.05, 4.69) is 24.1 Å². The van der Waals surface area contributed by atoms with Crippen LogP contribution in [0.15, 0.2) is 60.8 Å². The van der Waals surface area contributed by atoms with Gasteiger partial charge in [0.15, 0.2) is 5.82 Å². The molecule has 2 aliphatic rings. The number of carbonyl (C=O) groups is 1. The fraction of sp³-hybridized carbons (Fsp3) is 0.375. The van der Waals surface area contributed by atoms with Gasteiger partial charge in [0.05, 0.1) is 58.9 Å². The number of hydrogen-bond acceptors (Lipinski definition) is 8. The number of pyridine rings is 1. The van der Waals surface area contributed by atoms with Crippen molar-refractivity contribution in [2.75, 3.05) is 33.9 Å². The van der Waals surface area contributed by atoms with E-state index in [1.165, 1.54) is 6.08 Å². The van der Waals surface area contributed by atoms with Gasteiger partial charge in [0.1, 0.15) is 11.6 Å². The summed E-state index contributed by atoms with van der Waals surface area (Å²) in [6.07, 6.45) is 7.84. The van der Waals surface area contributed by atoms with Crippen LogP contribution in [0.5, 0.6) is 5.88 Å². The quantitative estimate of drug-likeness (QED) is 0.143. The fourth-order valence-corrected chi connectivity index (χ4v) is 8.36. The van der Waals surface area contributed by atoms with Crippen molar-refractivity contribution in [3.05, 3.63) is 77.2 Å². The molecule has 7 rings (SSSR count). The maximum atomic E-state index is 17.3. The zero-order valence-corrected chi connectivity index (χ0v) is 30.1. The van der Waals surface area contributed by atoms with Gasteiger partial charge in [-0.1, -0.05) is 48.0 Å². The number of hydrogen-bond donors (Lipinski definition) is 0. The number of nitriles is 2. The Morgan fingerprint density at radius 1 is 1.17 bits per heavy atom. The number of nitrogens with zero attached hydrogens (tertiary/aromatic N) is 7. The number of amides is 1. The first kappa shape index (κ1) is 35.3. The lowest BCUT2D eigenvalue weighted by Crippen LogP contribution is -2.46. The number of rotatable bonds is 9. The molecule has 3 aromatic carbocycles. The zero-order chi connectivity index (χ0) is 36.5. The number of benzene rings is 3. The normalized spacial score (nSPS) is 20.1. The molecule has 0 N–H and O–H groups in total. The minimum atomic E-state index is -0.626. The number of ether oxygens (including phenoxy) is 2. The van der Waals surface area contributed by atoms with Crippen LogP contribution < -0.4 is 4.74 Å². The molecule has 52 heavy (non-hydrogen) atoms. The minimum Gasteiger partial charge on any atom is -0.472 e. The van der Waals surface area contributed by atoms with Crippen molar-refractivity contribution in [3.63, 3.8) is 0 Å². The lowest BCUT2D eigenvalue weighted by molar-refractivity contribution is -0.130. The molecule has 10 nitrogen and oxygen atoms in total. The topological polar surface area (TPSA) is 120 Å². The highest BCUT2D eigenvalue weighted by Gasteiger charge is 2.35. The van der Waals surface area contributed by atoms with E-state index in [4.69, 9.17) is 31.2 Å². The highest BCUT2D eigenvalue weighted by Crippen LogP contribution is 2.44. The fourth-order valence-electron chi connectivity index (χ4n) is 8.07. The van der Waals surface area contributed by atoms with Gasteiger partial charge in [-0.3, -0.25) is 14.4 Å². The predicted octanol–water partition coefficient (Wildman–Crippen LogP) is 7.58. The number of piperidine rings is 1. The minimum absolute atomic E-state index is 0.0755. The molecule has 2 aromatic heterocycles. The van der Waals surface area contributed by atoms with Crippen LogP contribution in [0.25, 0.3) is 43.7 Å². The van der Waals surface area contributed by atoms with Gasteiger partial charge >= 0.3 is 0 Å². The Morgan fingerprint density at radius 3 is 2.71 bits per heavy atom. The summed E-state index contributed by atoms with van der Waals surface area (Å²) in [5, 5.41) is 27.2. The van der Waals surface area contributed by atoms with Crippen molar-refractivity contribution in [3.8, 4) is 29.1 Å². The standard InChI is InChI=1S/C40H39ClFN7O3/c1-24(33-12-6-17-47(33)2)52-40-31-23-45-49(28-15-18-48(27(20-28)14-16-43)34(50)13-7-19-51-3)39(31)30-21-32(41)36(37(42)38(30)46-40)29-11-5-9-25-8-4-10-26(22-44)35(25)29/h4-5,7-11,13,21,23-24,27-28,33H,6,12,14-15,17-20H2,1-3H3/b13-7+/t24?,27-,28+,33+/m1/s1.